The Bertz CT molecular complexity index is 775. The van der Waals surface area contributed by atoms with Crippen LogP contribution in [-0.2, 0) is 17.6 Å². The van der Waals surface area contributed by atoms with Gasteiger partial charge in [-0.3, -0.25) is 0 Å². The Hall–Kier alpha value is -1.14. The Kier molecular flexibility index (Phi) is 5.59. The number of hydrogen-bond acceptors (Lipinski definition) is 4. The lowest BCUT2D eigenvalue weighted by Gasteiger charge is -2.54. The molecular formula is C23H32N2O2S2. The smallest absolute Gasteiger partial charge is 0.341 e. The summed E-state index contributed by atoms with van der Waals surface area (Å²) in [6.07, 6.45) is 13.8. The van der Waals surface area contributed by atoms with Crippen molar-refractivity contribution in [2.75, 3.05) is 12.4 Å². The van der Waals surface area contributed by atoms with E-state index in [1.807, 2.05) is 0 Å². The Morgan fingerprint density at radius 2 is 1.66 bits per heavy atom. The molecule has 6 rings (SSSR count). The van der Waals surface area contributed by atoms with Gasteiger partial charge in [-0.25, -0.2) is 4.79 Å². The molecular weight excluding hydrogens is 400 g/mol. The third kappa shape index (κ3) is 3.83. The van der Waals surface area contributed by atoms with Gasteiger partial charge >= 0.3 is 5.97 Å². The number of ether oxygens (including phenoxy) is 1. The van der Waals surface area contributed by atoms with E-state index in [4.69, 9.17) is 17.0 Å². The predicted octanol–water partition coefficient (Wildman–Crippen LogP) is 5.30. The molecule has 6 heteroatoms. The molecule has 1 aromatic rings. The molecule has 4 nitrogen and oxygen atoms in total. The molecule has 0 atom stereocenters. The minimum atomic E-state index is -0.233. The second-order valence-electron chi connectivity index (χ2n) is 9.67. The van der Waals surface area contributed by atoms with Crippen molar-refractivity contribution >= 4 is 39.6 Å². The maximum absolute atomic E-state index is 12.6. The van der Waals surface area contributed by atoms with E-state index in [0.717, 1.165) is 53.5 Å². The second-order valence-corrected chi connectivity index (χ2v) is 11.2. The molecule has 29 heavy (non-hydrogen) atoms. The summed E-state index contributed by atoms with van der Waals surface area (Å²) < 4.78 is 5.15. The molecule has 2 N–H and O–H groups in total. The van der Waals surface area contributed by atoms with E-state index in [0.29, 0.717) is 11.2 Å². The van der Waals surface area contributed by atoms with Gasteiger partial charge in [-0.05, 0) is 99.2 Å². The number of fused-ring (bicyclic) bond motifs is 1. The highest BCUT2D eigenvalue weighted by atomic mass is 32.1. The Morgan fingerprint density at radius 1 is 1.00 bits per heavy atom. The van der Waals surface area contributed by atoms with Crippen molar-refractivity contribution in [1.82, 2.24) is 5.32 Å². The van der Waals surface area contributed by atoms with Crippen LogP contribution >= 0.6 is 23.6 Å². The molecule has 1 heterocycles. The van der Waals surface area contributed by atoms with Gasteiger partial charge in [0.1, 0.15) is 5.00 Å². The van der Waals surface area contributed by atoms with Gasteiger partial charge < -0.3 is 15.4 Å². The number of aryl methyl sites for hydroxylation is 1. The van der Waals surface area contributed by atoms with Crippen molar-refractivity contribution in [1.29, 1.82) is 0 Å². The summed E-state index contributed by atoms with van der Waals surface area (Å²) in [6, 6.07) is 0.505. The zero-order valence-electron chi connectivity index (χ0n) is 17.3. The number of anilines is 1. The lowest BCUT2D eigenvalue weighted by atomic mass is 9.54. The molecule has 5 aliphatic rings. The fraction of sp³-hybridized carbons (Fsp3) is 0.739. The molecule has 0 radical (unpaired) electrons. The van der Waals surface area contributed by atoms with Crippen LogP contribution in [0.15, 0.2) is 0 Å². The van der Waals surface area contributed by atoms with Crippen molar-refractivity contribution < 1.29 is 9.53 Å². The van der Waals surface area contributed by atoms with E-state index in [-0.39, 0.29) is 5.97 Å². The minimum Gasteiger partial charge on any atom is -0.465 e. The molecule has 0 spiro atoms. The van der Waals surface area contributed by atoms with E-state index in [1.165, 1.54) is 68.9 Å². The summed E-state index contributed by atoms with van der Waals surface area (Å²) >= 11 is 7.45. The minimum absolute atomic E-state index is 0.233. The van der Waals surface area contributed by atoms with Gasteiger partial charge in [0.2, 0.25) is 0 Å². The summed E-state index contributed by atoms with van der Waals surface area (Å²) in [5.41, 5.74) is 1.92. The maximum Gasteiger partial charge on any atom is 0.341 e. The number of nitrogens with one attached hydrogen (secondary N) is 2. The largest absolute Gasteiger partial charge is 0.465 e. The molecule has 0 unspecified atom stereocenters. The topological polar surface area (TPSA) is 50.4 Å². The van der Waals surface area contributed by atoms with Crippen molar-refractivity contribution in [3.63, 3.8) is 0 Å². The quantitative estimate of drug-likeness (QED) is 0.501. The number of carbonyl (C=O) groups is 1. The van der Waals surface area contributed by atoms with Crippen LogP contribution in [0.1, 0.15) is 78.6 Å². The fourth-order valence-corrected chi connectivity index (χ4v) is 8.36. The standard InChI is InChI=1S/C23H32N2O2S2/c1-27-22(26)19-17-6-4-2-3-5-7-18(17)29-21(19)25-23(28)24-20-15-9-13-8-14(11-15)12-16(20)10-13/h13-16,20H,2-12H2,1H3,(H2,24,25,28). The summed E-state index contributed by atoms with van der Waals surface area (Å²) in [7, 11) is 1.48. The first kappa shape index (κ1) is 19.8. The van der Waals surface area contributed by atoms with E-state index < -0.39 is 0 Å². The first-order valence-corrected chi connectivity index (χ1v) is 12.6. The Balaban J connectivity index is 1.33. The highest BCUT2D eigenvalue weighted by Crippen LogP contribution is 2.53. The van der Waals surface area contributed by atoms with Crippen LogP contribution in [0, 0.1) is 23.7 Å². The molecule has 158 valence electrons. The number of rotatable bonds is 3. The third-order valence-corrected chi connectivity index (χ3v) is 9.24. The molecule has 4 bridgehead atoms. The van der Waals surface area contributed by atoms with Crippen LogP contribution in [0.25, 0.3) is 0 Å². The van der Waals surface area contributed by atoms with Crippen LogP contribution in [0.5, 0.6) is 0 Å². The number of thiocarbonyl (C=S) groups is 1. The van der Waals surface area contributed by atoms with Crippen LogP contribution < -0.4 is 10.6 Å². The normalized spacial score (nSPS) is 32.8. The van der Waals surface area contributed by atoms with Crippen molar-refractivity contribution in [3.05, 3.63) is 16.0 Å². The molecule has 4 fully saturated rings. The summed E-state index contributed by atoms with van der Waals surface area (Å²) in [5.74, 6) is 3.23. The average Bonchev–Trinajstić information content (AvgIpc) is 2.99. The van der Waals surface area contributed by atoms with E-state index >= 15 is 0 Å². The van der Waals surface area contributed by atoms with Gasteiger partial charge in [0.15, 0.2) is 5.11 Å². The van der Waals surface area contributed by atoms with Gasteiger partial charge in [-0.15, -0.1) is 11.3 Å². The average molecular weight is 433 g/mol. The van der Waals surface area contributed by atoms with Gasteiger partial charge in [0.05, 0.1) is 12.7 Å². The monoisotopic (exact) mass is 432 g/mol. The lowest BCUT2D eigenvalue weighted by molar-refractivity contribution is -0.00665. The Labute approximate surface area is 183 Å². The van der Waals surface area contributed by atoms with Gasteiger partial charge in [-0.1, -0.05) is 12.8 Å². The summed E-state index contributed by atoms with van der Waals surface area (Å²) in [5, 5.41) is 8.66. The summed E-state index contributed by atoms with van der Waals surface area (Å²) in [6.45, 7) is 0. The number of thiophene rings is 1. The van der Waals surface area contributed by atoms with E-state index in [1.54, 1.807) is 11.3 Å². The van der Waals surface area contributed by atoms with E-state index in [9.17, 15) is 4.79 Å². The van der Waals surface area contributed by atoms with Crippen molar-refractivity contribution in [2.24, 2.45) is 23.7 Å². The fourth-order valence-electron chi connectivity index (χ4n) is 6.78. The first-order chi connectivity index (χ1) is 14.1. The molecule has 0 amide bonds. The van der Waals surface area contributed by atoms with Gasteiger partial charge in [-0.2, -0.15) is 0 Å². The lowest BCUT2D eigenvalue weighted by Crippen LogP contribution is -2.56. The molecule has 4 saturated carbocycles. The number of carbonyl (C=O) groups excluding carboxylic acids is 1. The first-order valence-electron chi connectivity index (χ1n) is 11.4. The number of hydrogen-bond donors (Lipinski definition) is 2. The molecule has 0 saturated heterocycles. The van der Waals surface area contributed by atoms with Crippen molar-refractivity contribution in [3.8, 4) is 0 Å². The third-order valence-electron chi connectivity index (χ3n) is 7.81. The van der Waals surface area contributed by atoms with E-state index in [2.05, 4.69) is 10.6 Å². The SMILES string of the molecule is COC(=O)c1c(NC(=S)NC2C3CC4CC(C3)CC2C4)sc2c1CCCCCC2. The maximum atomic E-state index is 12.6. The predicted molar refractivity (Wildman–Crippen MR) is 122 cm³/mol. The van der Waals surface area contributed by atoms with Crippen LogP contribution in [-0.4, -0.2) is 24.2 Å². The zero-order valence-corrected chi connectivity index (χ0v) is 18.9. The highest BCUT2D eigenvalue weighted by Gasteiger charge is 2.48. The summed E-state index contributed by atoms with van der Waals surface area (Å²) in [4.78, 5) is 14.0. The van der Waals surface area contributed by atoms with Crippen molar-refractivity contribution in [2.45, 2.75) is 76.7 Å². The zero-order chi connectivity index (χ0) is 20.0. The van der Waals surface area contributed by atoms with Crippen LogP contribution in [0.2, 0.25) is 0 Å². The van der Waals surface area contributed by atoms with Gasteiger partial charge in [0, 0.05) is 10.9 Å². The second kappa shape index (κ2) is 8.18. The number of methoxy groups -OCH3 is 1. The van der Waals surface area contributed by atoms with Gasteiger partial charge in [0.25, 0.3) is 0 Å². The highest BCUT2D eigenvalue weighted by molar-refractivity contribution is 7.80. The van der Waals surface area contributed by atoms with Crippen LogP contribution in [0.3, 0.4) is 0 Å². The molecule has 0 aliphatic heterocycles. The number of esters is 1. The van der Waals surface area contributed by atoms with Crippen LogP contribution in [0.4, 0.5) is 5.00 Å². The Morgan fingerprint density at radius 3 is 2.31 bits per heavy atom. The molecule has 5 aliphatic carbocycles. The molecule has 1 aromatic heterocycles. The molecule has 0 aromatic carbocycles.